The van der Waals surface area contributed by atoms with E-state index in [1.54, 1.807) is 0 Å². The van der Waals surface area contributed by atoms with Crippen LogP contribution in [0, 0.1) is 0 Å². The van der Waals surface area contributed by atoms with E-state index in [-0.39, 0.29) is 0 Å². The Morgan fingerprint density at radius 3 is 2.90 bits per heavy atom. The molecular formula is C16H21N3O. The summed E-state index contributed by atoms with van der Waals surface area (Å²) in [4.78, 5) is 0. The summed E-state index contributed by atoms with van der Waals surface area (Å²) in [5.74, 6) is 0. The van der Waals surface area contributed by atoms with Crippen molar-refractivity contribution >= 4 is 5.69 Å². The lowest BCUT2D eigenvalue weighted by molar-refractivity contribution is 0.0232. The fourth-order valence-corrected chi connectivity index (χ4v) is 2.65. The van der Waals surface area contributed by atoms with Crippen LogP contribution in [0.15, 0.2) is 42.7 Å². The van der Waals surface area contributed by atoms with Gasteiger partial charge in [-0.25, -0.2) is 0 Å². The molecule has 2 heterocycles. The Bertz CT molecular complexity index is 521. The van der Waals surface area contributed by atoms with Crippen LogP contribution in [0.2, 0.25) is 0 Å². The Kier molecular flexibility index (Phi) is 4.02. The maximum absolute atomic E-state index is 5.57. The smallest absolute Gasteiger partial charge is 0.0659 e. The van der Waals surface area contributed by atoms with Gasteiger partial charge in [-0.05, 0) is 43.5 Å². The number of rotatable bonds is 4. The van der Waals surface area contributed by atoms with Crippen LogP contribution in [0.4, 0.5) is 5.69 Å². The van der Waals surface area contributed by atoms with Crippen LogP contribution in [-0.2, 0) is 11.3 Å². The number of anilines is 1. The molecule has 1 aliphatic rings. The molecule has 1 aromatic carbocycles. The molecule has 1 fully saturated rings. The van der Waals surface area contributed by atoms with Gasteiger partial charge in [0.1, 0.15) is 0 Å². The minimum Gasteiger partial charge on any atom is -0.382 e. The van der Waals surface area contributed by atoms with Gasteiger partial charge in [0.2, 0.25) is 0 Å². The number of aromatic nitrogens is 2. The van der Waals surface area contributed by atoms with Crippen molar-refractivity contribution in [2.24, 2.45) is 0 Å². The SMILES string of the molecule is CC1CC(Nc2ccc(Cn3cccn3)cc2)CCO1. The van der Waals surface area contributed by atoms with Crippen molar-refractivity contribution in [2.75, 3.05) is 11.9 Å². The van der Waals surface area contributed by atoms with Gasteiger partial charge in [-0.1, -0.05) is 12.1 Å². The van der Waals surface area contributed by atoms with Gasteiger partial charge < -0.3 is 10.1 Å². The molecule has 3 rings (SSSR count). The van der Waals surface area contributed by atoms with Crippen molar-refractivity contribution in [1.29, 1.82) is 0 Å². The Morgan fingerprint density at radius 1 is 1.35 bits per heavy atom. The van der Waals surface area contributed by atoms with E-state index in [2.05, 4.69) is 41.6 Å². The lowest BCUT2D eigenvalue weighted by Gasteiger charge is -2.28. The quantitative estimate of drug-likeness (QED) is 0.929. The summed E-state index contributed by atoms with van der Waals surface area (Å²) >= 11 is 0. The molecule has 0 saturated carbocycles. The summed E-state index contributed by atoms with van der Waals surface area (Å²) in [6.07, 6.45) is 6.31. The summed E-state index contributed by atoms with van der Waals surface area (Å²) in [7, 11) is 0. The Morgan fingerprint density at radius 2 is 2.20 bits per heavy atom. The fourth-order valence-electron chi connectivity index (χ4n) is 2.65. The highest BCUT2D eigenvalue weighted by Gasteiger charge is 2.18. The Labute approximate surface area is 119 Å². The normalized spacial score (nSPS) is 22.6. The van der Waals surface area contributed by atoms with Gasteiger partial charge >= 0.3 is 0 Å². The zero-order valence-electron chi connectivity index (χ0n) is 11.8. The van der Waals surface area contributed by atoms with Crippen molar-refractivity contribution in [3.05, 3.63) is 48.3 Å². The van der Waals surface area contributed by atoms with E-state index in [1.807, 2.05) is 23.1 Å². The number of ether oxygens (including phenoxy) is 1. The number of nitrogens with one attached hydrogen (secondary N) is 1. The van der Waals surface area contributed by atoms with Crippen molar-refractivity contribution in [3.63, 3.8) is 0 Å². The van der Waals surface area contributed by atoms with Crippen LogP contribution in [0.1, 0.15) is 25.3 Å². The Balaban J connectivity index is 1.58. The summed E-state index contributed by atoms with van der Waals surface area (Å²) in [6.45, 7) is 3.82. The molecule has 2 aromatic rings. The molecule has 1 aliphatic heterocycles. The highest BCUT2D eigenvalue weighted by Crippen LogP contribution is 2.19. The third-order valence-corrected chi connectivity index (χ3v) is 3.71. The van der Waals surface area contributed by atoms with Gasteiger partial charge in [-0.3, -0.25) is 4.68 Å². The lowest BCUT2D eigenvalue weighted by atomic mass is 10.0. The third-order valence-electron chi connectivity index (χ3n) is 3.71. The summed E-state index contributed by atoms with van der Waals surface area (Å²) < 4.78 is 7.51. The van der Waals surface area contributed by atoms with E-state index in [1.165, 1.54) is 11.3 Å². The van der Waals surface area contributed by atoms with Gasteiger partial charge in [0, 0.05) is 30.7 Å². The van der Waals surface area contributed by atoms with Crippen LogP contribution in [0.25, 0.3) is 0 Å². The summed E-state index contributed by atoms with van der Waals surface area (Å²) in [6, 6.07) is 11.1. The maximum Gasteiger partial charge on any atom is 0.0659 e. The molecule has 0 spiro atoms. The van der Waals surface area contributed by atoms with E-state index >= 15 is 0 Å². The van der Waals surface area contributed by atoms with E-state index in [0.29, 0.717) is 12.1 Å². The largest absolute Gasteiger partial charge is 0.382 e. The third kappa shape index (κ3) is 3.39. The molecular weight excluding hydrogens is 250 g/mol. The van der Waals surface area contributed by atoms with E-state index in [4.69, 9.17) is 4.74 Å². The van der Waals surface area contributed by atoms with E-state index in [0.717, 1.165) is 26.0 Å². The van der Waals surface area contributed by atoms with Crippen LogP contribution in [0.3, 0.4) is 0 Å². The summed E-state index contributed by atoms with van der Waals surface area (Å²) in [5, 5.41) is 7.82. The van der Waals surface area contributed by atoms with Crippen LogP contribution in [-0.4, -0.2) is 28.5 Å². The molecule has 1 aromatic heterocycles. The number of benzene rings is 1. The highest BCUT2D eigenvalue weighted by atomic mass is 16.5. The highest BCUT2D eigenvalue weighted by molar-refractivity contribution is 5.45. The second-order valence-corrected chi connectivity index (χ2v) is 5.45. The molecule has 4 heteroatoms. The molecule has 0 bridgehead atoms. The Hall–Kier alpha value is -1.81. The molecule has 1 saturated heterocycles. The second kappa shape index (κ2) is 6.09. The van der Waals surface area contributed by atoms with Crippen LogP contribution < -0.4 is 5.32 Å². The molecule has 0 amide bonds. The molecule has 1 N–H and O–H groups in total. The maximum atomic E-state index is 5.57. The van der Waals surface area contributed by atoms with Crippen molar-refractivity contribution in [1.82, 2.24) is 9.78 Å². The van der Waals surface area contributed by atoms with Gasteiger partial charge in [-0.2, -0.15) is 5.10 Å². The predicted octanol–water partition coefficient (Wildman–Crippen LogP) is 2.91. The molecule has 106 valence electrons. The van der Waals surface area contributed by atoms with Gasteiger partial charge in [0.25, 0.3) is 0 Å². The molecule has 0 radical (unpaired) electrons. The predicted molar refractivity (Wildman–Crippen MR) is 79.8 cm³/mol. The topological polar surface area (TPSA) is 39.1 Å². The molecule has 2 atom stereocenters. The van der Waals surface area contributed by atoms with Gasteiger partial charge in [0.15, 0.2) is 0 Å². The second-order valence-electron chi connectivity index (χ2n) is 5.45. The van der Waals surface area contributed by atoms with Gasteiger partial charge in [-0.15, -0.1) is 0 Å². The average molecular weight is 271 g/mol. The van der Waals surface area contributed by atoms with E-state index in [9.17, 15) is 0 Å². The zero-order chi connectivity index (χ0) is 13.8. The zero-order valence-corrected chi connectivity index (χ0v) is 11.8. The first-order chi connectivity index (χ1) is 9.79. The first-order valence-electron chi connectivity index (χ1n) is 7.24. The van der Waals surface area contributed by atoms with E-state index < -0.39 is 0 Å². The first-order valence-corrected chi connectivity index (χ1v) is 7.24. The van der Waals surface area contributed by atoms with Crippen molar-refractivity contribution < 1.29 is 4.74 Å². The van der Waals surface area contributed by atoms with Crippen LogP contribution in [0.5, 0.6) is 0 Å². The monoisotopic (exact) mass is 271 g/mol. The van der Waals surface area contributed by atoms with Crippen molar-refractivity contribution in [2.45, 2.75) is 38.5 Å². The molecule has 2 unspecified atom stereocenters. The number of hydrogen-bond acceptors (Lipinski definition) is 3. The lowest BCUT2D eigenvalue weighted by Crippen LogP contribution is -2.32. The average Bonchev–Trinajstić information content (AvgIpc) is 2.94. The fraction of sp³-hybridized carbons (Fsp3) is 0.438. The number of hydrogen-bond donors (Lipinski definition) is 1. The first kappa shape index (κ1) is 13.2. The molecule has 4 nitrogen and oxygen atoms in total. The number of nitrogens with zero attached hydrogens (tertiary/aromatic N) is 2. The minimum atomic E-state index is 0.361. The van der Waals surface area contributed by atoms with Gasteiger partial charge in [0.05, 0.1) is 12.6 Å². The minimum absolute atomic E-state index is 0.361. The van der Waals surface area contributed by atoms with Crippen molar-refractivity contribution in [3.8, 4) is 0 Å². The standard InChI is InChI=1S/C16H21N3O/c1-13-11-16(7-10-20-13)18-15-5-3-14(4-6-15)12-19-9-2-8-17-19/h2-6,8-9,13,16,18H,7,10-12H2,1H3. The summed E-state index contributed by atoms with van der Waals surface area (Å²) in [5.41, 5.74) is 2.45. The molecule has 20 heavy (non-hydrogen) atoms. The van der Waals surface area contributed by atoms with Crippen LogP contribution >= 0.6 is 0 Å². The molecule has 0 aliphatic carbocycles.